The van der Waals surface area contributed by atoms with Gasteiger partial charge in [0.2, 0.25) is 0 Å². The fourth-order valence-corrected chi connectivity index (χ4v) is 6.40. The van der Waals surface area contributed by atoms with Gasteiger partial charge in [-0.25, -0.2) is 18.4 Å². The van der Waals surface area contributed by atoms with Gasteiger partial charge in [0.15, 0.2) is 9.84 Å². The largest absolute Gasteiger partial charge is 0.356 e. The quantitative estimate of drug-likeness (QED) is 0.589. The Morgan fingerprint density at radius 2 is 1.83 bits per heavy atom. The van der Waals surface area contributed by atoms with Crippen LogP contribution in [0, 0.1) is 5.92 Å². The Labute approximate surface area is 178 Å². The van der Waals surface area contributed by atoms with Crippen LogP contribution in [0.15, 0.2) is 48.9 Å². The first-order chi connectivity index (χ1) is 14.5. The van der Waals surface area contributed by atoms with E-state index >= 15 is 0 Å². The number of nitrogens with zero attached hydrogens (tertiary/aromatic N) is 3. The summed E-state index contributed by atoms with van der Waals surface area (Å²) in [6.07, 6.45) is 8.90. The normalized spacial score (nSPS) is 19.8. The lowest BCUT2D eigenvalue weighted by Crippen LogP contribution is -2.37. The first-order valence-corrected chi connectivity index (χ1v) is 12.6. The summed E-state index contributed by atoms with van der Waals surface area (Å²) < 4.78 is 25.2. The van der Waals surface area contributed by atoms with E-state index in [4.69, 9.17) is 0 Å². The minimum absolute atomic E-state index is 0.272. The molecule has 0 spiro atoms. The number of aryl methyl sites for hydroxylation is 1. The fourth-order valence-electron chi connectivity index (χ4n) is 4.59. The molecule has 2 aromatic heterocycles. The minimum atomic E-state index is -3.00. The van der Waals surface area contributed by atoms with Crippen LogP contribution in [-0.2, 0) is 16.3 Å². The van der Waals surface area contributed by atoms with Crippen molar-refractivity contribution >= 4 is 26.7 Å². The Hall–Kier alpha value is -2.41. The molecule has 1 aromatic carbocycles. The molecule has 0 amide bonds. The molecule has 0 aliphatic heterocycles. The molecular formula is C23H30N4O2S. The average Bonchev–Trinajstić information content (AvgIpc) is 3.23. The van der Waals surface area contributed by atoms with Crippen molar-refractivity contribution in [3.63, 3.8) is 0 Å². The lowest BCUT2D eigenvalue weighted by Gasteiger charge is -2.35. The maximum absolute atomic E-state index is 12.6. The molecule has 160 valence electrons. The number of aromatic amines is 1. The highest BCUT2D eigenvalue weighted by molar-refractivity contribution is 7.91. The van der Waals surface area contributed by atoms with E-state index in [1.165, 1.54) is 5.56 Å². The van der Waals surface area contributed by atoms with Gasteiger partial charge in [-0.3, -0.25) is 0 Å². The zero-order valence-corrected chi connectivity index (χ0v) is 18.3. The zero-order chi connectivity index (χ0) is 21.0. The van der Waals surface area contributed by atoms with E-state index in [0.29, 0.717) is 18.2 Å². The Bertz CT molecular complexity index is 1060. The molecule has 7 heteroatoms. The van der Waals surface area contributed by atoms with E-state index in [2.05, 4.69) is 39.0 Å². The molecular weight excluding hydrogens is 396 g/mol. The number of hydrogen-bond acceptors (Lipinski definition) is 5. The van der Waals surface area contributed by atoms with Crippen LogP contribution in [-0.4, -0.2) is 48.0 Å². The van der Waals surface area contributed by atoms with Crippen molar-refractivity contribution in [1.29, 1.82) is 0 Å². The summed E-state index contributed by atoms with van der Waals surface area (Å²) in [7, 11) is -0.917. The van der Waals surface area contributed by atoms with Crippen LogP contribution in [0.3, 0.4) is 0 Å². The smallest absolute Gasteiger partial charge is 0.150 e. The number of H-pyrrole nitrogens is 1. The molecule has 2 heterocycles. The second kappa shape index (κ2) is 9.16. The fraction of sp³-hybridized carbons (Fsp3) is 0.478. The van der Waals surface area contributed by atoms with Crippen molar-refractivity contribution in [1.82, 2.24) is 15.0 Å². The van der Waals surface area contributed by atoms with E-state index in [1.807, 2.05) is 30.5 Å². The van der Waals surface area contributed by atoms with Gasteiger partial charge in [-0.2, -0.15) is 0 Å². The van der Waals surface area contributed by atoms with Crippen LogP contribution in [0.5, 0.6) is 0 Å². The summed E-state index contributed by atoms with van der Waals surface area (Å²) >= 11 is 0. The predicted molar refractivity (Wildman–Crippen MR) is 121 cm³/mol. The molecule has 0 bridgehead atoms. The first kappa shape index (κ1) is 20.8. The SMILES string of the molecule is CN(c1ncnc2[nH]ccc12)C1CCC(CS(=O)(=O)CCCc2ccccc2)CC1. The van der Waals surface area contributed by atoms with E-state index in [-0.39, 0.29) is 11.7 Å². The van der Waals surface area contributed by atoms with Gasteiger partial charge in [-0.1, -0.05) is 30.3 Å². The molecule has 0 saturated heterocycles. The minimum Gasteiger partial charge on any atom is -0.356 e. The van der Waals surface area contributed by atoms with Gasteiger partial charge >= 0.3 is 0 Å². The number of hydrogen-bond donors (Lipinski definition) is 1. The lowest BCUT2D eigenvalue weighted by molar-refractivity contribution is 0.340. The van der Waals surface area contributed by atoms with E-state index < -0.39 is 9.84 Å². The highest BCUT2D eigenvalue weighted by Gasteiger charge is 2.28. The van der Waals surface area contributed by atoms with Crippen LogP contribution >= 0.6 is 0 Å². The topological polar surface area (TPSA) is 79.0 Å². The Morgan fingerprint density at radius 1 is 1.07 bits per heavy atom. The highest BCUT2D eigenvalue weighted by Crippen LogP contribution is 2.32. The van der Waals surface area contributed by atoms with Gasteiger partial charge in [0.1, 0.15) is 17.8 Å². The van der Waals surface area contributed by atoms with Crippen LogP contribution in [0.25, 0.3) is 11.0 Å². The zero-order valence-electron chi connectivity index (χ0n) is 17.5. The Kier molecular flexibility index (Phi) is 6.37. The van der Waals surface area contributed by atoms with Crippen LogP contribution in [0.4, 0.5) is 5.82 Å². The maximum Gasteiger partial charge on any atom is 0.150 e. The van der Waals surface area contributed by atoms with Gasteiger partial charge in [0, 0.05) is 19.3 Å². The van der Waals surface area contributed by atoms with Crippen molar-refractivity contribution in [2.75, 3.05) is 23.5 Å². The number of benzene rings is 1. The molecule has 1 aliphatic carbocycles. The Balaban J connectivity index is 1.27. The van der Waals surface area contributed by atoms with Gasteiger partial charge in [-0.15, -0.1) is 0 Å². The summed E-state index contributed by atoms with van der Waals surface area (Å²) in [5.41, 5.74) is 2.06. The lowest BCUT2D eigenvalue weighted by atomic mass is 9.86. The molecule has 1 fully saturated rings. The monoisotopic (exact) mass is 426 g/mol. The highest BCUT2D eigenvalue weighted by atomic mass is 32.2. The Morgan fingerprint density at radius 3 is 2.60 bits per heavy atom. The summed E-state index contributed by atoms with van der Waals surface area (Å²) in [4.78, 5) is 14.1. The van der Waals surface area contributed by atoms with Crippen molar-refractivity contribution in [2.45, 2.75) is 44.6 Å². The number of sulfone groups is 1. The molecule has 1 N–H and O–H groups in total. The van der Waals surface area contributed by atoms with E-state index in [1.54, 1.807) is 6.33 Å². The third-order valence-electron chi connectivity index (χ3n) is 6.28. The van der Waals surface area contributed by atoms with Crippen LogP contribution < -0.4 is 4.90 Å². The third-order valence-corrected chi connectivity index (χ3v) is 8.17. The van der Waals surface area contributed by atoms with Gasteiger partial charge in [0.25, 0.3) is 0 Å². The molecule has 4 rings (SSSR count). The van der Waals surface area contributed by atoms with Crippen LogP contribution in [0.1, 0.15) is 37.7 Å². The number of rotatable bonds is 8. The summed E-state index contributed by atoms with van der Waals surface area (Å²) in [6, 6.07) is 12.5. The van der Waals surface area contributed by atoms with Crippen molar-refractivity contribution < 1.29 is 8.42 Å². The summed E-state index contributed by atoms with van der Waals surface area (Å²) in [5.74, 6) is 1.83. The molecule has 3 aromatic rings. The maximum atomic E-state index is 12.6. The second-order valence-electron chi connectivity index (χ2n) is 8.43. The molecule has 6 nitrogen and oxygen atoms in total. The molecule has 30 heavy (non-hydrogen) atoms. The van der Waals surface area contributed by atoms with Crippen LogP contribution in [0.2, 0.25) is 0 Å². The van der Waals surface area contributed by atoms with Crippen molar-refractivity contribution in [3.8, 4) is 0 Å². The third kappa shape index (κ3) is 5.01. The second-order valence-corrected chi connectivity index (χ2v) is 10.7. The van der Waals surface area contributed by atoms with Crippen molar-refractivity contribution in [2.24, 2.45) is 5.92 Å². The van der Waals surface area contributed by atoms with E-state index in [0.717, 1.165) is 49.0 Å². The molecule has 1 saturated carbocycles. The van der Waals surface area contributed by atoms with E-state index in [9.17, 15) is 8.42 Å². The summed E-state index contributed by atoms with van der Waals surface area (Å²) in [5, 5.41) is 1.03. The van der Waals surface area contributed by atoms with Crippen molar-refractivity contribution in [3.05, 3.63) is 54.5 Å². The number of aromatic nitrogens is 3. The summed E-state index contributed by atoms with van der Waals surface area (Å²) in [6.45, 7) is 0. The standard InChI is InChI=1S/C23H30N4O2S/c1-27(23-21-13-14-24-22(21)25-17-26-23)20-11-9-19(10-12-20)16-30(28,29)15-5-8-18-6-3-2-4-7-18/h2-4,6-7,13-14,17,19-20H,5,8-12,15-16H2,1H3,(H,24,25,26). The van der Waals surface area contributed by atoms with Gasteiger partial charge < -0.3 is 9.88 Å². The molecule has 0 unspecified atom stereocenters. The number of nitrogens with one attached hydrogen (secondary N) is 1. The van der Waals surface area contributed by atoms with Gasteiger partial charge in [-0.05, 0) is 56.1 Å². The molecule has 0 radical (unpaired) electrons. The molecule has 1 aliphatic rings. The number of fused-ring (bicyclic) bond motifs is 1. The predicted octanol–water partition coefficient (Wildman–Crippen LogP) is 4.00. The van der Waals surface area contributed by atoms with Gasteiger partial charge in [0.05, 0.1) is 16.9 Å². The number of anilines is 1. The average molecular weight is 427 g/mol. The first-order valence-electron chi connectivity index (χ1n) is 10.8. The molecule has 0 atom stereocenters.